The second-order valence-electron chi connectivity index (χ2n) is 2.74. The Labute approximate surface area is 86.2 Å². The zero-order valence-corrected chi connectivity index (χ0v) is 7.94. The van der Waals surface area contributed by atoms with E-state index in [1.807, 2.05) is 0 Å². The first-order valence-corrected chi connectivity index (χ1v) is 4.37. The third-order valence-corrected chi connectivity index (χ3v) is 2.10. The maximum Gasteiger partial charge on any atom is 0.101 e. The van der Waals surface area contributed by atoms with Gasteiger partial charge in [0.05, 0.1) is 17.6 Å². The van der Waals surface area contributed by atoms with Crippen LogP contribution in [0.1, 0.15) is 5.56 Å². The molecule has 1 heterocycles. The van der Waals surface area contributed by atoms with Crippen LogP contribution >= 0.6 is 11.6 Å². The van der Waals surface area contributed by atoms with Crippen molar-refractivity contribution in [3.63, 3.8) is 0 Å². The summed E-state index contributed by atoms with van der Waals surface area (Å²) < 4.78 is 1.75. The molecule has 1 aromatic heterocycles. The number of aromatic nitrogens is 2. The Morgan fingerprint density at radius 1 is 1.43 bits per heavy atom. The van der Waals surface area contributed by atoms with Gasteiger partial charge in [-0.3, -0.25) is 0 Å². The topological polar surface area (TPSA) is 41.6 Å². The molecule has 0 unspecified atom stereocenters. The van der Waals surface area contributed by atoms with Crippen molar-refractivity contribution in [2.24, 2.45) is 0 Å². The Balaban J connectivity index is 2.63. The molecule has 0 N–H and O–H groups in total. The van der Waals surface area contributed by atoms with Gasteiger partial charge in [-0.1, -0.05) is 11.6 Å². The minimum Gasteiger partial charge on any atom is -0.305 e. The van der Waals surface area contributed by atoms with Crippen molar-refractivity contribution in [1.29, 1.82) is 5.26 Å². The van der Waals surface area contributed by atoms with Crippen LogP contribution in [0.25, 0.3) is 5.69 Å². The molecule has 2 aromatic rings. The average Bonchev–Trinajstić information content (AvgIpc) is 2.70. The van der Waals surface area contributed by atoms with E-state index in [-0.39, 0.29) is 0 Å². The van der Waals surface area contributed by atoms with Gasteiger partial charge in [0, 0.05) is 17.4 Å². The summed E-state index contributed by atoms with van der Waals surface area (Å²) in [4.78, 5) is 3.91. The van der Waals surface area contributed by atoms with Crippen LogP contribution in [0, 0.1) is 11.3 Å². The second kappa shape index (κ2) is 3.52. The van der Waals surface area contributed by atoms with Crippen molar-refractivity contribution in [2.45, 2.75) is 0 Å². The predicted molar refractivity (Wildman–Crippen MR) is 53.3 cm³/mol. The van der Waals surface area contributed by atoms with Crippen LogP contribution < -0.4 is 0 Å². The van der Waals surface area contributed by atoms with Crippen LogP contribution in [0.2, 0.25) is 5.02 Å². The average molecular weight is 204 g/mol. The lowest BCUT2D eigenvalue weighted by molar-refractivity contribution is 1.05. The molecule has 1 aromatic carbocycles. The highest BCUT2D eigenvalue weighted by molar-refractivity contribution is 6.30. The number of hydrogen-bond acceptors (Lipinski definition) is 2. The first-order valence-electron chi connectivity index (χ1n) is 3.99. The van der Waals surface area contributed by atoms with Gasteiger partial charge in [-0.15, -0.1) is 0 Å². The molecule has 0 saturated carbocycles. The summed E-state index contributed by atoms with van der Waals surface area (Å²) in [6, 6.07) is 7.23. The van der Waals surface area contributed by atoms with E-state index < -0.39 is 0 Å². The normalized spacial score (nSPS) is 9.71. The lowest BCUT2D eigenvalue weighted by Gasteiger charge is -2.04. The molecule has 14 heavy (non-hydrogen) atoms. The highest BCUT2D eigenvalue weighted by Crippen LogP contribution is 2.18. The van der Waals surface area contributed by atoms with Crippen molar-refractivity contribution in [2.75, 3.05) is 0 Å². The first-order chi connectivity index (χ1) is 6.81. The van der Waals surface area contributed by atoms with E-state index in [9.17, 15) is 0 Å². The van der Waals surface area contributed by atoms with Gasteiger partial charge in [0.1, 0.15) is 6.07 Å². The minimum absolute atomic E-state index is 0.576. The lowest BCUT2D eigenvalue weighted by Crippen LogP contribution is -1.93. The molecule has 0 fully saturated rings. The van der Waals surface area contributed by atoms with Gasteiger partial charge in [-0.2, -0.15) is 5.26 Å². The standard InChI is InChI=1S/C10H6ClN3/c11-9-2-1-8(6-12)10(5-9)14-4-3-13-7-14/h1-5,7H. The number of nitrogens with zero attached hydrogens (tertiary/aromatic N) is 3. The summed E-state index contributed by atoms with van der Waals surface area (Å²) in [6.45, 7) is 0. The van der Waals surface area contributed by atoms with Gasteiger partial charge in [0.25, 0.3) is 0 Å². The minimum atomic E-state index is 0.576. The van der Waals surface area contributed by atoms with E-state index in [1.54, 1.807) is 41.5 Å². The van der Waals surface area contributed by atoms with E-state index in [0.29, 0.717) is 10.6 Å². The molecule has 0 radical (unpaired) electrons. The van der Waals surface area contributed by atoms with Gasteiger partial charge in [0.15, 0.2) is 0 Å². The maximum absolute atomic E-state index is 8.88. The molecule has 68 valence electrons. The van der Waals surface area contributed by atoms with Gasteiger partial charge < -0.3 is 4.57 Å². The van der Waals surface area contributed by atoms with Crippen molar-refractivity contribution >= 4 is 11.6 Å². The monoisotopic (exact) mass is 203 g/mol. The summed E-state index contributed by atoms with van der Waals surface area (Å²) >= 11 is 5.85. The first kappa shape index (κ1) is 8.79. The lowest BCUT2D eigenvalue weighted by atomic mass is 10.2. The van der Waals surface area contributed by atoms with Crippen molar-refractivity contribution < 1.29 is 0 Å². The fourth-order valence-corrected chi connectivity index (χ4v) is 1.38. The number of halogens is 1. The van der Waals surface area contributed by atoms with Crippen molar-refractivity contribution in [3.05, 3.63) is 47.5 Å². The van der Waals surface area contributed by atoms with Gasteiger partial charge in [-0.05, 0) is 18.2 Å². The Morgan fingerprint density at radius 3 is 2.93 bits per heavy atom. The summed E-state index contributed by atoms with van der Waals surface area (Å²) in [5, 5.41) is 9.49. The molecule has 0 aliphatic heterocycles. The van der Waals surface area contributed by atoms with Gasteiger partial charge >= 0.3 is 0 Å². The predicted octanol–water partition coefficient (Wildman–Crippen LogP) is 2.40. The van der Waals surface area contributed by atoms with Crippen LogP contribution in [0.5, 0.6) is 0 Å². The van der Waals surface area contributed by atoms with Crippen LogP contribution in [0.15, 0.2) is 36.9 Å². The number of nitriles is 1. The van der Waals surface area contributed by atoms with Gasteiger partial charge in [0.2, 0.25) is 0 Å². The van der Waals surface area contributed by atoms with E-state index in [2.05, 4.69) is 11.1 Å². The SMILES string of the molecule is N#Cc1ccc(Cl)cc1-n1ccnc1. The highest BCUT2D eigenvalue weighted by Gasteiger charge is 2.03. The Bertz CT molecular complexity index is 483. The van der Waals surface area contributed by atoms with Crippen molar-refractivity contribution in [1.82, 2.24) is 9.55 Å². The summed E-state index contributed by atoms with van der Waals surface area (Å²) in [5.41, 5.74) is 1.32. The number of hydrogen-bond donors (Lipinski definition) is 0. The van der Waals surface area contributed by atoms with Crippen LogP contribution in [-0.2, 0) is 0 Å². The fraction of sp³-hybridized carbons (Fsp3) is 0. The Hall–Kier alpha value is -1.79. The molecule has 0 aliphatic rings. The van der Waals surface area contributed by atoms with Crippen molar-refractivity contribution in [3.8, 4) is 11.8 Å². The van der Waals surface area contributed by atoms with Crippen LogP contribution in [0.4, 0.5) is 0 Å². The fourth-order valence-electron chi connectivity index (χ4n) is 1.21. The molecule has 0 saturated heterocycles. The summed E-state index contributed by atoms with van der Waals surface area (Å²) in [6.07, 6.45) is 5.06. The zero-order chi connectivity index (χ0) is 9.97. The largest absolute Gasteiger partial charge is 0.305 e. The maximum atomic E-state index is 8.88. The molecular formula is C10H6ClN3. The molecule has 0 amide bonds. The smallest absolute Gasteiger partial charge is 0.101 e. The molecular weight excluding hydrogens is 198 g/mol. The van der Waals surface area contributed by atoms with Crippen LogP contribution in [-0.4, -0.2) is 9.55 Å². The highest BCUT2D eigenvalue weighted by atomic mass is 35.5. The van der Waals surface area contributed by atoms with E-state index in [1.165, 1.54) is 0 Å². The Morgan fingerprint density at radius 2 is 2.29 bits per heavy atom. The number of benzene rings is 1. The quantitative estimate of drug-likeness (QED) is 0.714. The van der Waals surface area contributed by atoms with Crippen LogP contribution in [0.3, 0.4) is 0 Å². The number of imidazole rings is 1. The Kier molecular flexibility index (Phi) is 2.21. The summed E-state index contributed by atoms with van der Waals surface area (Å²) in [7, 11) is 0. The van der Waals surface area contributed by atoms with E-state index in [4.69, 9.17) is 16.9 Å². The molecule has 0 spiro atoms. The zero-order valence-electron chi connectivity index (χ0n) is 7.18. The molecule has 0 aliphatic carbocycles. The molecule has 2 rings (SSSR count). The summed E-state index contributed by atoms with van der Waals surface area (Å²) in [5.74, 6) is 0. The molecule has 0 bridgehead atoms. The number of rotatable bonds is 1. The third-order valence-electron chi connectivity index (χ3n) is 1.86. The molecule has 0 atom stereocenters. The van der Waals surface area contributed by atoms with E-state index in [0.717, 1.165) is 5.69 Å². The molecule has 4 heteroatoms. The van der Waals surface area contributed by atoms with E-state index >= 15 is 0 Å². The third kappa shape index (κ3) is 1.48. The second-order valence-corrected chi connectivity index (χ2v) is 3.18. The molecule has 3 nitrogen and oxygen atoms in total. The van der Waals surface area contributed by atoms with Gasteiger partial charge in [-0.25, -0.2) is 4.98 Å².